The number of benzene rings is 1. The van der Waals surface area contributed by atoms with Crippen molar-refractivity contribution in [3.8, 4) is 0 Å². The highest BCUT2D eigenvalue weighted by molar-refractivity contribution is 6.00. The third-order valence-electron chi connectivity index (χ3n) is 2.01. The predicted molar refractivity (Wildman–Crippen MR) is 57.8 cm³/mol. The van der Waals surface area contributed by atoms with E-state index >= 15 is 0 Å². The predicted octanol–water partition coefficient (Wildman–Crippen LogP) is 1.88. The number of esters is 1. The van der Waals surface area contributed by atoms with Crippen molar-refractivity contribution in [3.05, 3.63) is 34.9 Å². The van der Waals surface area contributed by atoms with E-state index in [-0.39, 0.29) is 23.5 Å². The molecule has 0 bridgehead atoms. The Bertz CT molecular complexity index is 435. The molecule has 0 aromatic heterocycles. The third-order valence-corrected chi connectivity index (χ3v) is 2.01. The van der Waals surface area contributed by atoms with Gasteiger partial charge in [0.25, 0.3) is 0 Å². The maximum Gasteiger partial charge on any atom is 0.338 e. The number of hydrogen-bond acceptors (Lipinski definition) is 4. The van der Waals surface area contributed by atoms with Gasteiger partial charge in [-0.25, -0.2) is 4.79 Å². The van der Waals surface area contributed by atoms with Crippen molar-refractivity contribution in [2.24, 2.45) is 0 Å². The zero-order chi connectivity index (χ0) is 12.1. The van der Waals surface area contributed by atoms with Crippen molar-refractivity contribution in [1.82, 2.24) is 0 Å². The summed E-state index contributed by atoms with van der Waals surface area (Å²) in [7, 11) is 0. The van der Waals surface area contributed by atoms with Crippen molar-refractivity contribution >= 4 is 18.0 Å². The van der Waals surface area contributed by atoms with Crippen molar-refractivity contribution < 1.29 is 19.1 Å². The van der Waals surface area contributed by atoms with Crippen LogP contribution in [0.1, 0.15) is 44.9 Å². The van der Waals surface area contributed by atoms with Crippen LogP contribution in [0.15, 0.2) is 18.2 Å². The zero-order valence-electron chi connectivity index (χ0n) is 9.15. The molecule has 0 heterocycles. The Labute approximate surface area is 93.2 Å². The Morgan fingerprint density at radius 1 is 1.25 bits per heavy atom. The number of rotatable bonds is 4. The molecule has 4 heteroatoms. The molecule has 0 aliphatic carbocycles. The zero-order valence-corrected chi connectivity index (χ0v) is 9.15. The summed E-state index contributed by atoms with van der Waals surface area (Å²) in [5.41, 5.74) is 0.833. The maximum atomic E-state index is 11.4. The largest absolute Gasteiger partial charge is 0.462 e. The first-order valence-corrected chi connectivity index (χ1v) is 4.86. The van der Waals surface area contributed by atoms with Gasteiger partial charge in [-0.05, 0) is 32.0 Å². The lowest BCUT2D eigenvalue weighted by Crippen LogP contribution is -2.07. The minimum absolute atomic E-state index is 0.200. The van der Waals surface area contributed by atoms with Crippen LogP contribution >= 0.6 is 0 Å². The number of ketones is 1. The monoisotopic (exact) mass is 220 g/mol. The molecule has 1 rings (SSSR count). The molecule has 0 saturated carbocycles. The SMILES string of the molecule is CCOC(=O)c1cc(C=O)cc(C(C)=O)c1. The number of ether oxygens (including phenoxy) is 1. The molecule has 0 aliphatic rings. The van der Waals surface area contributed by atoms with Crippen LogP contribution in [-0.2, 0) is 4.74 Å². The van der Waals surface area contributed by atoms with Crippen molar-refractivity contribution in [2.75, 3.05) is 6.61 Å². The van der Waals surface area contributed by atoms with Gasteiger partial charge in [-0.1, -0.05) is 0 Å². The molecular formula is C12H12O4. The molecule has 0 unspecified atom stereocenters. The molecule has 0 saturated heterocycles. The summed E-state index contributed by atoms with van der Waals surface area (Å²) in [6, 6.07) is 4.27. The number of carbonyl (C=O) groups is 3. The van der Waals surface area contributed by atoms with Crippen molar-refractivity contribution in [2.45, 2.75) is 13.8 Å². The van der Waals surface area contributed by atoms with Gasteiger partial charge in [-0.2, -0.15) is 0 Å². The maximum absolute atomic E-state index is 11.4. The third kappa shape index (κ3) is 2.76. The molecule has 0 atom stereocenters. The van der Waals surface area contributed by atoms with E-state index in [1.165, 1.54) is 25.1 Å². The molecule has 0 spiro atoms. The Kier molecular flexibility index (Phi) is 3.94. The molecule has 0 radical (unpaired) electrons. The van der Waals surface area contributed by atoms with Gasteiger partial charge in [-0.3, -0.25) is 9.59 Å². The number of aldehydes is 1. The molecule has 0 amide bonds. The Balaban J connectivity index is 3.18. The second-order valence-corrected chi connectivity index (χ2v) is 3.24. The normalized spacial score (nSPS) is 9.62. The van der Waals surface area contributed by atoms with Gasteiger partial charge in [0, 0.05) is 11.1 Å². The smallest absolute Gasteiger partial charge is 0.338 e. The highest BCUT2D eigenvalue weighted by Gasteiger charge is 2.11. The summed E-state index contributed by atoms with van der Waals surface area (Å²) < 4.78 is 4.80. The molecule has 16 heavy (non-hydrogen) atoms. The molecule has 0 fully saturated rings. The summed E-state index contributed by atoms with van der Waals surface area (Å²) in [6.07, 6.45) is 0.592. The van der Waals surface area contributed by atoms with E-state index in [0.717, 1.165) is 0 Å². The molecule has 1 aromatic carbocycles. The number of hydrogen-bond donors (Lipinski definition) is 0. The lowest BCUT2D eigenvalue weighted by atomic mass is 10.0. The summed E-state index contributed by atoms with van der Waals surface area (Å²) in [5.74, 6) is -0.733. The van der Waals surface area contributed by atoms with Crippen LogP contribution in [-0.4, -0.2) is 24.6 Å². The van der Waals surface area contributed by atoms with E-state index in [9.17, 15) is 14.4 Å². The van der Waals surface area contributed by atoms with E-state index < -0.39 is 5.97 Å². The fourth-order valence-corrected chi connectivity index (χ4v) is 1.26. The first-order valence-electron chi connectivity index (χ1n) is 4.86. The minimum atomic E-state index is -0.534. The van der Waals surface area contributed by atoms with Gasteiger partial charge in [0.1, 0.15) is 6.29 Å². The van der Waals surface area contributed by atoms with Crippen molar-refractivity contribution in [1.29, 1.82) is 0 Å². The average Bonchev–Trinajstić information content (AvgIpc) is 2.28. The highest BCUT2D eigenvalue weighted by atomic mass is 16.5. The molecule has 0 N–H and O–H groups in total. The van der Waals surface area contributed by atoms with Gasteiger partial charge < -0.3 is 4.74 Å². The summed E-state index contributed by atoms with van der Waals surface area (Å²) in [4.78, 5) is 33.3. The average molecular weight is 220 g/mol. The van der Waals surface area contributed by atoms with Gasteiger partial charge in [0.15, 0.2) is 5.78 Å². The van der Waals surface area contributed by atoms with E-state index in [4.69, 9.17) is 4.74 Å². The second-order valence-electron chi connectivity index (χ2n) is 3.24. The van der Waals surface area contributed by atoms with Crippen LogP contribution in [0.3, 0.4) is 0 Å². The molecule has 0 aliphatic heterocycles. The van der Waals surface area contributed by atoms with Crippen LogP contribution < -0.4 is 0 Å². The Morgan fingerprint density at radius 2 is 1.88 bits per heavy atom. The van der Waals surface area contributed by atoms with Gasteiger partial charge >= 0.3 is 5.97 Å². The highest BCUT2D eigenvalue weighted by Crippen LogP contribution is 2.11. The first-order chi connectivity index (χ1) is 7.58. The van der Waals surface area contributed by atoms with E-state index in [1.54, 1.807) is 6.92 Å². The van der Waals surface area contributed by atoms with Crippen LogP contribution in [0.25, 0.3) is 0 Å². The molecule has 1 aromatic rings. The Hall–Kier alpha value is -1.97. The lowest BCUT2D eigenvalue weighted by molar-refractivity contribution is 0.0526. The van der Waals surface area contributed by atoms with E-state index in [2.05, 4.69) is 0 Å². The second kappa shape index (κ2) is 5.21. The lowest BCUT2D eigenvalue weighted by Gasteiger charge is -2.04. The summed E-state index contributed by atoms with van der Waals surface area (Å²) >= 11 is 0. The fraction of sp³-hybridized carbons (Fsp3) is 0.250. The van der Waals surface area contributed by atoms with E-state index in [0.29, 0.717) is 11.8 Å². The molecule has 84 valence electrons. The van der Waals surface area contributed by atoms with E-state index in [1.807, 2.05) is 0 Å². The quantitative estimate of drug-likeness (QED) is 0.441. The van der Waals surface area contributed by atoms with Crippen LogP contribution in [0, 0.1) is 0 Å². The minimum Gasteiger partial charge on any atom is -0.462 e. The number of carbonyl (C=O) groups excluding carboxylic acids is 3. The number of Topliss-reactive ketones (excluding diaryl/α,β-unsaturated/α-hetero) is 1. The fourth-order valence-electron chi connectivity index (χ4n) is 1.26. The van der Waals surface area contributed by atoms with Crippen LogP contribution in [0.4, 0.5) is 0 Å². The van der Waals surface area contributed by atoms with Crippen molar-refractivity contribution in [3.63, 3.8) is 0 Å². The molecule has 4 nitrogen and oxygen atoms in total. The summed E-state index contributed by atoms with van der Waals surface area (Å²) in [6.45, 7) is 3.31. The summed E-state index contributed by atoms with van der Waals surface area (Å²) in [5, 5.41) is 0. The first kappa shape index (κ1) is 12.1. The van der Waals surface area contributed by atoms with Crippen LogP contribution in [0.2, 0.25) is 0 Å². The Morgan fingerprint density at radius 3 is 2.38 bits per heavy atom. The molecular weight excluding hydrogens is 208 g/mol. The van der Waals surface area contributed by atoms with Gasteiger partial charge in [0.2, 0.25) is 0 Å². The van der Waals surface area contributed by atoms with Gasteiger partial charge in [0.05, 0.1) is 12.2 Å². The standard InChI is InChI=1S/C12H12O4/c1-3-16-12(15)11-5-9(7-13)4-10(6-11)8(2)14/h4-7H,3H2,1-2H3. The van der Waals surface area contributed by atoms with Crippen LogP contribution in [0.5, 0.6) is 0 Å². The van der Waals surface area contributed by atoms with Gasteiger partial charge in [-0.15, -0.1) is 0 Å². The topological polar surface area (TPSA) is 60.4 Å².